The average Bonchev–Trinajstić information content (AvgIpc) is 2.99. The minimum Gasteiger partial charge on any atom is -0.469 e. The second kappa shape index (κ2) is 7.42. The molecule has 0 aliphatic rings. The Morgan fingerprint density at radius 3 is 2.81 bits per heavy atom. The van der Waals surface area contributed by atoms with Gasteiger partial charge in [-0.2, -0.15) is 0 Å². The van der Waals surface area contributed by atoms with Crippen molar-refractivity contribution in [1.82, 2.24) is 15.5 Å². The van der Waals surface area contributed by atoms with Gasteiger partial charge in [-0.25, -0.2) is 0 Å². The molecule has 6 nitrogen and oxygen atoms in total. The second-order valence-corrected chi connectivity index (χ2v) is 4.83. The molecule has 2 N–H and O–H groups in total. The number of aryl methyl sites for hydroxylation is 1. The highest BCUT2D eigenvalue weighted by atomic mass is 16.3. The van der Waals surface area contributed by atoms with Gasteiger partial charge in [0.05, 0.1) is 6.26 Å². The zero-order valence-electron chi connectivity index (χ0n) is 12.3. The molecule has 0 aliphatic carbocycles. The molecule has 1 unspecified atom stereocenters. The predicted octanol–water partition coefficient (Wildman–Crippen LogP) is 2.25. The fourth-order valence-corrected chi connectivity index (χ4v) is 1.92. The van der Waals surface area contributed by atoms with E-state index < -0.39 is 0 Å². The molecule has 0 aromatic carbocycles. The second-order valence-electron chi connectivity index (χ2n) is 4.83. The van der Waals surface area contributed by atoms with Crippen LogP contribution in [0.5, 0.6) is 0 Å². The lowest BCUT2D eigenvalue weighted by Gasteiger charge is -2.13. The van der Waals surface area contributed by atoms with E-state index in [2.05, 4.69) is 27.8 Å². The van der Waals surface area contributed by atoms with Gasteiger partial charge in [0.15, 0.2) is 5.69 Å². The van der Waals surface area contributed by atoms with Crippen LogP contribution in [0.1, 0.15) is 36.5 Å². The van der Waals surface area contributed by atoms with Crippen molar-refractivity contribution in [2.24, 2.45) is 0 Å². The molecule has 0 saturated carbocycles. The monoisotopic (exact) mass is 288 g/mol. The van der Waals surface area contributed by atoms with Gasteiger partial charge in [0, 0.05) is 19.0 Å². The van der Waals surface area contributed by atoms with Gasteiger partial charge >= 0.3 is 0 Å². The number of nitrogens with zero attached hydrogens (tertiary/aromatic N) is 2. The highest BCUT2D eigenvalue weighted by Gasteiger charge is 2.08. The smallest absolute Gasteiger partial charge is 0.271 e. The number of hydrogen-bond acceptors (Lipinski definition) is 5. The maximum absolute atomic E-state index is 11.6. The Morgan fingerprint density at radius 2 is 2.19 bits per heavy atom. The van der Waals surface area contributed by atoms with E-state index in [9.17, 15) is 4.79 Å². The maximum atomic E-state index is 11.6. The third kappa shape index (κ3) is 4.59. The Bertz CT molecular complexity index is 552. The van der Waals surface area contributed by atoms with E-state index in [4.69, 9.17) is 4.42 Å². The summed E-state index contributed by atoms with van der Waals surface area (Å²) in [5.41, 5.74) is 0.325. The summed E-state index contributed by atoms with van der Waals surface area (Å²) in [4.78, 5) is 11.6. The lowest BCUT2D eigenvalue weighted by atomic mass is 10.1. The van der Waals surface area contributed by atoms with Crippen LogP contribution in [-0.4, -0.2) is 28.7 Å². The van der Waals surface area contributed by atoms with Gasteiger partial charge in [-0.3, -0.25) is 4.79 Å². The third-order valence-electron chi connectivity index (χ3n) is 3.03. The number of anilines is 1. The number of carbonyl (C=O) groups is 1. The quantitative estimate of drug-likeness (QED) is 0.817. The number of amides is 1. The van der Waals surface area contributed by atoms with Crippen LogP contribution in [-0.2, 0) is 6.42 Å². The third-order valence-corrected chi connectivity index (χ3v) is 3.03. The van der Waals surface area contributed by atoms with E-state index in [1.54, 1.807) is 18.4 Å². The molecule has 2 aromatic rings. The molecule has 2 aromatic heterocycles. The van der Waals surface area contributed by atoms with Crippen LogP contribution in [0.4, 0.5) is 5.82 Å². The molecule has 6 heteroatoms. The maximum Gasteiger partial charge on any atom is 0.271 e. The zero-order chi connectivity index (χ0) is 15.1. The number of aromatic nitrogens is 2. The van der Waals surface area contributed by atoms with Gasteiger partial charge in [-0.1, -0.05) is 0 Å². The van der Waals surface area contributed by atoms with E-state index in [0.29, 0.717) is 18.1 Å². The number of nitrogens with one attached hydrogen (secondary N) is 2. The van der Waals surface area contributed by atoms with E-state index in [0.717, 1.165) is 18.6 Å². The molecule has 0 radical (unpaired) electrons. The van der Waals surface area contributed by atoms with Gasteiger partial charge in [-0.15, -0.1) is 10.2 Å². The molecule has 0 bridgehead atoms. The van der Waals surface area contributed by atoms with Crippen LogP contribution in [0.15, 0.2) is 34.9 Å². The average molecular weight is 288 g/mol. The number of furan rings is 1. The minimum absolute atomic E-state index is 0.206. The first kappa shape index (κ1) is 15.0. The lowest BCUT2D eigenvalue weighted by molar-refractivity contribution is 0.0950. The molecule has 2 rings (SSSR count). The molecule has 2 heterocycles. The standard InChI is InChI=1S/C15H20N4O2/c1-3-16-15(20)13-8-9-14(19-18-13)17-11(2)6-7-12-5-4-10-21-12/h4-5,8-11H,3,6-7H2,1-2H3,(H,16,20)(H,17,19). The van der Waals surface area contributed by atoms with Gasteiger partial charge in [-0.05, 0) is 44.5 Å². The van der Waals surface area contributed by atoms with Crippen LogP contribution in [0.25, 0.3) is 0 Å². The topological polar surface area (TPSA) is 80.0 Å². The summed E-state index contributed by atoms with van der Waals surface area (Å²) >= 11 is 0. The van der Waals surface area contributed by atoms with Crippen molar-refractivity contribution in [3.05, 3.63) is 42.0 Å². The number of hydrogen-bond donors (Lipinski definition) is 2. The molecule has 0 saturated heterocycles. The fourth-order valence-electron chi connectivity index (χ4n) is 1.92. The molecule has 0 spiro atoms. The van der Waals surface area contributed by atoms with Crippen LogP contribution in [0, 0.1) is 0 Å². The van der Waals surface area contributed by atoms with Gasteiger partial charge in [0.1, 0.15) is 11.6 Å². The van der Waals surface area contributed by atoms with E-state index in [1.165, 1.54) is 0 Å². The Hall–Kier alpha value is -2.37. The molecule has 21 heavy (non-hydrogen) atoms. The SMILES string of the molecule is CCNC(=O)c1ccc(NC(C)CCc2ccco2)nn1. The van der Waals surface area contributed by atoms with Crippen LogP contribution >= 0.6 is 0 Å². The molecular formula is C15H20N4O2. The van der Waals surface area contributed by atoms with Crippen LogP contribution in [0.3, 0.4) is 0 Å². The summed E-state index contributed by atoms with van der Waals surface area (Å²) < 4.78 is 5.30. The highest BCUT2D eigenvalue weighted by molar-refractivity contribution is 5.92. The zero-order valence-corrected chi connectivity index (χ0v) is 12.3. The first-order valence-electron chi connectivity index (χ1n) is 7.10. The van der Waals surface area contributed by atoms with E-state index in [1.807, 2.05) is 19.1 Å². The fraction of sp³-hybridized carbons (Fsp3) is 0.400. The van der Waals surface area contributed by atoms with E-state index >= 15 is 0 Å². The van der Waals surface area contributed by atoms with Crippen molar-refractivity contribution in [3.63, 3.8) is 0 Å². The molecular weight excluding hydrogens is 268 g/mol. The van der Waals surface area contributed by atoms with Gasteiger partial charge in [0.25, 0.3) is 5.91 Å². The first-order valence-corrected chi connectivity index (χ1v) is 7.10. The van der Waals surface area contributed by atoms with E-state index in [-0.39, 0.29) is 11.9 Å². The van der Waals surface area contributed by atoms with Crippen molar-refractivity contribution in [3.8, 4) is 0 Å². The highest BCUT2D eigenvalue weighted by Crippen LogP contribution is 2.10. The first-order chi connectivity index (χ1) is 10.2. The normalized spacial score (nSPS) is 11.9. The minimum atomic E-state index is -0.206. The number of rotatable bonds is 7. The Kier molecular flexibility index (Phi) is 5.31. The summed E-state index contributed by atoms with van der Waals surface area (Å²) in [5.74, 6) is 1.43. The predicted molar refractivity (Wildman–Crippen MR) is 80.2 cm³/mol. The molecule has 0 fully saturated rings. The molecule has 1 atom stereocenters. The number of carbonyl (C=O) groups excluding carboxylic acids is 1. The molecule has 1 amide bonds. The van der Waals surface area contributed by atoms with Crippen molar-refractivity contribution in [1.29, 1.82) is 0 Å². The Labute approximate surface area is 124 Å². The van der Waals surface area contributed by atoms with Crippen molar-refractivity contribution in [2.75, 3.05) is 11.9 Å². The van der Waals surface area contributed by atoms with Gasteiger partial charge < -0.3 is 15.1 Å². The van der Waals surface area contributed by atoms with Crippen LogP contribution < -0.4 is 10.6 Å². The summed E-state index contributed by atoms with van der Waals surface area (Å²) in [6, 6.07) is 7.52. The largest absolute Gasteiger partial charge is 0.469 e. The Morgan fingerprint density at radius 1 is 1.33 bits per heavy atom. The molecule has 112 valence electrons. The summed E-state index contributed by atoms with van der Waals surface area (Å²) in [5, 5.41) is 13.9. The van der Waals surface area contributed by atoms with Crippen molar-refractivity contribution >= 4 is 11.7 Å². The van der Waals surface area contributed by atoms with Crippen LogP contribution in [0.2, 0.25) is 0 Å². The van der Waals surface area contributed by atoms with Crippen molar-refractivity contribution in [2.45, 2.75) is 32.7 Å². The summed E-state index contributed by atoms with van der Waals surface area (Å²) in [6.45, 7) is 4.51. The lowest BCUT2D eigenvalue weighted by Crippen LogP contribution is -2.24. The summed E-state index contributed by atoms with van der Waals surface area (Å²) in [6.07, 6.45) is 3.47. The molecule has 0 aliphatic heterocycles. The summed E-state index contributed by atoms with van der Waals surface area (Å²) in [7, 11) is 0. The Balaban J connectivity index is 1.83. The van der Waals surface area contributed by atoms with Gasteiger partial charge in [0.2, 0.25) is 0 Å². The van der Waals surface area contributed by atoms with Crippen molar-refractivity contribution < 1.29 is 9.21 Å².